The lowest BCUT2D eigenvalue weighted by Gasteiger charge is -2.18. The van der Waals surface area contributed by atoms with E-state index in [1.807, 2.05) is 32.9 Å². The molecule has 0 spiro atoms. The van der Waals surface area contributed by atoms with Crippen molar-refractivity contribution < 1.29 is 14.6 Å². The number of carboxylic acids is 1. The molecule has 1 rings (SSSR count). The Labute approximate surface area is 108 Å². The van der Waals surface area contributed by atoms with Gasteiger partial charge in [0.05, 0.1) is 6.61 Å². The van der Waals surface area contributed by atoms with Gasteiger partial charge >= 0.3 is 5.97 Å². The maximum Gasteiger partial charge on any atom is 0.325 e. The van der Waals surface area contributed by atoms with Gasteiger partial charge in [-0.05, 0) is 38.0 Å². The molecular formula is C14H21NO3. The fraction of sp³-hybridized carbons (Fsp3) is 0.500. The van der Waals surface area contributed by atoms with Crippen LogP contribution in [0.1, 0.15) is 38.8 Å². The van der Waals surface area contributed by atoms with Gasteiger partial charge in [-0.1, -0.05) is 19.1 Å². The van der Waals surface area contributed by atoms with E-state index >= 15 is 0 Å². The zero-order chi connectivity index (χ0) is 13.5. The van der Waals surface area contributed by atoms with Crippen LogP contribution in [-0.2, 0) is 4.79 Å². The highest BCUT2D eigenvalue weighted by molar-refractivity contribution is 5.75. The average molecular weight is 251 g/mol. The van der Waals surface area contributed by atoms with Crippen molar-refractivity contribution in [2.75, 3.05) is 6.61 Å². The second-order valence-electron chi connectivity index (χ2n) is 4.51. The summed E-state index contributed by atoms with van der Waals surface area (Å²) in [5, 5.41) is 12.3. The van der Waals surface area contributed by atoms with Crippen LogP contribution in [0, 0.1) is 0 Å². The summed E-state index contributed by atoms with van der Waals surface area (Å²) in [5.74, 6) is -0.164. The highest BCUT2D eigenvalue weighted by atomic mass is 16.5. The molecule has 0 amide bonds. The van der Waals surface area contributed by atoms with Crippen molar-refractivity contribution in [3.8, 4) is 5.75 Å². The number of carbonyl (C=O) groups is 1. The molecule has 0 radical (unpaired) electrons. The number of benzene rings is 1. The van der Waals surface area contributed by atoms with E-state index < -0.39 is 12.0 Å². The van der Waals surface area contributed by atoms with Gasteiger partial charge in [0.2, 0.25) is 0 Å². The first-order valence-corrected chi connectivity index (χ1v) is 6.26. The van der Waals surface area contributed by atoms with E-state index in [-0.39, 0.29) is 6.04 Å². The van der Waals surface area contributed by atoms with Crippen LogP contribution < -0.4 is 10.1 Å². The Balaban J connectivity index is 2.87. The van der Waals surface area contributed by atoms with Crippen molar-refractivity contribution in [2.45, 2.75) is 39.3 Å². The lowest BCUT2D eigenvalue weighted by atomic mass is 10.1. The van der Waals surface area contributed by atoms with Gasteiger partial charge in [-0.3, -0.25) is 10.1 Å². The van der Waals surface area contributed by atoms with Gasteiger partial charge in [0, 0.05) is 6.04 Å². The Kier molecular flexibility index (Phi) is 5.65. The van der Waals surface area contributed by atoms with Gasteiger partial charge in [0.15, 0.2) is 0 Å². The molecule has 100 valence electrons. The molecule has 4 nitrogen and oxygen atoms in total. The first-order chi connectivity index (χ1) is 8.54. The summed E-state index contributed by atoms with van der Waals surface area (Å²) in [6.45, 7) is 6.52. The minimum atomic E-state index is -0.878. The van der Waals surface area contributed by atoms with Crippen molar-refractivity contribution in [1.82, 2.24) is 5.32 Å². The molecule has 4 heteroatoms. The van der Waals surface area contributed by atoms with Gasteiger partial charge in [-0.2, -0.15) is 0 Å². The molecule has 1 aromatic rings. The molecule has 1 unspecified atom stereocenters. The van der Waals surface area contributed by atoms with Gasteiger partial charge in [0.1, 0.15) is 11.8 Å². The van der Waals surface area contributed by atoms with Crippen LogP contribution in [0.3, 0.4) is 0 Å². The smallest absolute Gasteiger partial charge is 0.325 e. The quantitative estimate of drug-likeness (QED) is 0.782. The minimum absolute atomic E-state index is 0.103. The molecule has 0 aliphatic carbocycles. The summed E-state index contributed by atoms with van der Waals surface area (Å²) >= 11 is 0. The number of carboxylic acid groups (broad SMARTS) is 1. The molecule has 0 bridgehead atoms. The van der Waals surface area contributed by atoms with E-state index in [9.17, 15) is 9.90 Å². The zero-order valence-corrected chi connectivity index (χ0v) is 11.1. The summed E-state index contributed by atoms with van der Waals surface area (Å²) < 4.78 is 5.51. The van der Waals surface area contributed by atoms with Crippen LogP contribution in [0.5, 0.6) is 5.75 Å². The normalized spacial score (nSPS) is 12.4. The highest BCUT2D eigenvalue weighted by Gasteiger charge is 2.20. The number of rotatable bonds is 7. The molecule has 0 aliphatic heterocycles. The predicted octanol–water partition coefficient (Wildman–Crippen LogP) is 2.60. The molecular weight excluding hydrogens is 230 g/mol. The van der Waals surface area contributed by atoms with Gasteiger partial charge < -0.3 is 9.84 Å². The highest BCUT2D eigenvalue weighted by Crippen LogP contribution is 2.20. The van der Waals surface area contributed by atoms with E-state index in [2.05, 4.69) is 5.32 Å². The third kappa shape index (κ3) is 4.37. The monoisotopic (exact) mass is 251 g/mol. The summed E-state index contributed by atoms with van der Waals surface area (Å²) in [5.41, 5.74) is 0.713. The number of aliphatic carboxylic acids is 1. The van der Waals surface area contributed by atoms with Crippen LogP contribution in [-0.4, -0.2) is 23.7 Å². The van der Waals surface area contributed by atoms with Crippen molar-refractivity contribution in [3.63, 3.8) is 0 Å². The Morgan fingerprint density at radius 2 is 2.17 bits per heavy atom. The number of hydrogen-bond donors (Lipinski definition) is 2. The van der Waals surface area contributed by atoms with E-state index in [4.69, 9.17) is 4.74 Å². The summed E-state index contributed by atoms with van der Waals surface area (Å²) in [6, 6.07) is 6.64. The lowest BCUT2D eigenvalue weighted by molar-refractivity contribution is -0.139. The molecule has 0 aromatic heterocycles. The van der Waals surface area contributed by atoms with Gasteiger partial charge in [0.25, 0.3) is 0 Å². The third-order valence-electron chi connectivity index (χ3n) is 2.41. The lowest BCUT2D eigenvalue weighted by Crippen LogP contribution is -2.33. The van der Waals surface area contributed by atoms with E-state index in [0.29, 0.717) is 17.9 Å². The molecule has 0 saturated carbocycles. The van der Waals surface area contributed by atoms with Crippen LogP contribution in [0.25, 0.3) is 0 Å². The predicted molar refractivity (Wildman–Crippen MR) is 70.9 cm³/mol. The molecule has 0 heterocycles. The molecule has 0 aliphatic rings. The maximum atomic E-state index is 11.3. The second-order valence-corrected chi connectivity index (χ2v) is 4.51. The van der Waals surface area contributed by atoms with E-state index in [1.54, 1.807) is 12.1 Å². The van der Waals surface area contributed by atoms with E-state index in [0.717, 1.165) is 6.42 Å². The summed E-state index contributed by atoms with van der Waals surface area (Å²) in [7, 11) is 0. The second kappa shape index (κ2) is 7.01. The SMILES string of the molecule is CCCOc1cccc(C(NC(C)C)C(=O)O)c1. The molecule has 1 aromatic carbocycles. The first kappa shape index (κ1) is 14.5. The van der Waals surface area contributed by atoms with Crippen molar-refractivity contribution >= 4 is 5.97 Å². The van der Waals surface area contributed by atoms with Gasteiger partial charge in [-0.25, -0.2) is 0 Å². The third-order valence-corrected chi connectivity index (χ3v) is 2.41. The van der Waals surface area contributed by atoms with Crippen LogP contribution in [0.15, 0.2) is 24.3 Å². The number of ether oxygens (including phenoxy) is 1. The fourth-order valence-corrected chi connectivity index (χ4v) is 1.65. The van der Waals surface area contributed by atoms with Crippen molar-refractivity contribution in [1.29, 1.82) is 0 Å². The average Bonchev–Trinajstić information content (AvgIpc) is 2.33. The first-order valence-electron chi connectivity index (χ1n) is 6.26. The van der Waals surface area contributed by atoms with Gasteiger partial charge in [-0.15, -0.1) is 0 Å². The topological polar surface area (TPSA) is 58.6 Å². The Hall–Kier alpha value is -1.55. The molecule has 2 N–H and O–H groups in total. The van der Waals surface area contributed by atoms with Crippen molar-refractivity contribution in [2.24, 2.45) is 0 Å². The number of hydrogen-bond acceptors (Lipinski definition) is 3. The largest absolute Gasteiger partial charge is 0.494 e. The van der Waals surface area contributed by atoms with E-state index in [1.165, 1.54) is 0 Å². The Morgan fingerprint density at radius 3 is 2.72 bits per heavy atom. The molecule has 0 fully saturated rings. The Bertz CT molecular complexity index is 390. The fourth-order valence-electron chi connectivity index (χ4n) is 1.65. The standard InChI is InChI=1S/C14H21NO3/c1-4-8-18-12-7-5-6-11(9-12)13(14(16)17)15-10(2)3/h5-7,9-10,13,15H,4,8H2,1-3H3,(H,16,17). The van der Waals surface area contributed by atoms with Crippen LogP contribution in [0.4, 0.5) is 0 Å². The van der Waals surface area contributed by atoms with Crippen molar-refractivity contribution in [3.05, 3.63) is 29.8 Å². The molecule has 18 heavy (non-hydrogen) atoms. The zero-order valence-electron chi connectivity index (χ0n) is 11.1. The number of nitrogens with one attached hydrogen (secondary N) is 1. The summed E-state index contributed by atoms with van der Waals surface area (Å²) in [6.07, 6.45) is 0.927. The Morgan fingerprint density at radius 1 is 1.44 bits per heavy atom. The van der Waals surface area contributed by atoms with Crippen LogP contribution >= 0.6 is 0 Å². The maximum absolute atomic E-state index is 11.3. The molecule has 0 saturated heterocycles. The minimum Gasteiger partial charge on any atom is -0.494 e. The molecule has 1 atom stereocenters. The van der Waals surface area contributed by atoms with Crippen LogP contribution in [0.2, 0.25) is 0 Å². The summed E-state index contributed by atoms with van der Waals surface area (Å²) in [4.78, 5) is 11.3.